The standard InChI is InChI=1S/C22H26N2O4/c1-16-21(25)23-19-12-6-11-18(20(19)28-16)22(26)24(14-15-27-2)13-7-10-17-8-4-3-5-9-17/h3-6,8-9,11-12,16H,7,10,13-15H2,1-2H3,(H,23,25). The Hall–Kier alpha value is -2.86. The maximum absolute atomic E-state index is 13.2. The molecule has 0 saturated heterocycles. The Morgan fingerprint density at radius 2 is 1.93 bits per heavy atom. The summed E-state index contributed by atoms with van der Waals surface area (Å²) in [4.78, 5) is 26.9. The average Bonchev–Trinajstić information content (AvgIpc) is 2.71. The number of aryl methyl sites for hydroxylation is 1. The zero-order chi connectivity index (χ0) is 19.9. The molecule has 0 bridgehead atoms. The molecule has 6 nitrogen and oxygen atoms in total. The van der Waals surface area contributed by atoms with E-state index < -0.39 is 6.10 Å². The molecule has 6 heteroatoms. The highest BCUT2D eigenvalue weighted by molar-refractivity contribution is 6.04. The van der Waals surface area contributed by atoms with Crippen LogP contribution in [0.3, 0.4) is 0 Å². The van der Waals surface area contributed by atoms with Gasteiger partial charge in [-0.05, 0) is 37.5 Å². The fraction of sp³-hybridized carbons (Fsp3) is 0.364. The van der Waals surface area contributed by atoms with Crippen molar-refractivity contribution in [3.63, 3.8) is 0 Å². The van der Waals surface area contributed by atoms with Crippen LogP contribution in [-0.4, -0.2) is 49.6 Å². The van der Waals surface area contributed by atoms with Gasteiger partial charge in [0.25, 0.3) is 11.8 Å². The maximum atomic E-state index is 13.2. The van der Waals surface area contributed by atoms with Crippen molar-refractivity contribution in [2.75, 3.05) is 32.1 Å². The summed E-state index contributed by atoms with van der Waals surface area (Å²) < 4.78 is 10.9. The number of carbonyl (C=O) groups excluding carboxylic acids is 2. The summed E-state index contributed by atoms with van der Waals surface area (Å²) >= 11 is 0. The molecule has 0 aromatic heterocycles. The smallest absolute Gasteiger partial charge is 0.265 e. The SMILES string of the molecule is COCCN(CCCc1ccccc1)C(=O)c1cccc2c1OC(C)C(=O)N2. The summed E-state index contributed by atoms with van der Waals surface area (Å²) in [5.41, 5.74) is 2.24. The molecule has 1 atom stereocenters. The zero-order valence-electron chi connectivity index (χ0n) is 16.3. The van der Waals surface area contributed by atoms with Crippen molar-refractivity contribution < 1.29 is 19.1 Å². The Morgan fingerprint density at radius 3 is 2.68 bits per heavy atom. The largest absolute Gasteiger partial charge is 0.478 e. The van der Waals surface area contributed by atoms with Gasteiger partial charge in [0.05, 0.1) is 17.9 Å². The van der Waals surface area contributed by atoms with Crippen LogP contribution in [0.2, 0.25) is 0 Å². The Labute approximate surface area is 165 Å². The third-order valence-electron chi connectivity index (χ3n) is 4.76. The van der Waals surface area contributed by atoms with Gasteiger partial charge in [-0.3, -0.25) is 9.59 Å². The van der Waals surface area contributed by atoms with Gasteiger partial charge in [-0.25, -0.2) is 0 Å². The number of methoxy groups -OCH3 is 1. The molecule has 0 aliphatic carbocycles. The number of carbonyl (C=O) groups is 2. The zero-order valence-corrected chi connectivity index (χ0v) is 16.3. The molecular weight excluding hydrogens is 356 g/mol. The normalized spacial score (nSPS) is 15.4. The molecule has 2 aromatic carbocycles. The van der Waals surface area contributed by atoms with Gasteiger partial charge >= 0.3 is 0 Å². The molecule has 0 spiro atoms. The van der Waals surface area contributed by atoms with Crippen molar-refractivity contribution in [3.05, 3.63) is 59.7 Å². The highest BCUT2D eigenvalue weighted by Crippen LogP contribution is 2.34. The van der Waals surface area contributed by atoms with Crippen molar-refractivity contribution >= 4 is 17.5 Å². The molecule has 2 amide bonds. The van der Waals surface area contributed by atoms with Gasteiger partial charge in [0.2, 0.25) is 0 Å². The number of fused-ring (bicyclic) bond motifs is 1. The second kappa shape index (κ2) is 9.37. The van der Waals surface area contributed by atoms with Crippen molar-refractivity contribution in [1.29, 1.82) is 0 Å². The predicted octanol–water partition coefficient (Wildman–Crippen LogP) is 3.13. The maximum Gasteiger partial charge on any atom is 0.265 e. The van der Waals surface area contributed by atoms with Crippen LogP contribution < -0.4 is 10.1 Å². The van der Waals surface area contributed by atoms with E-state index in [-0.39, 0.29) is 11.8 Å². The number of hydrogen-bond donors (Lipinski definition) is 1. The number of rotatable bonds is 8. The van der Waals surface area contributed by atoms with Crippen LogP contribution in [0.25, 0.3) is 0 Å². The molecule has 1 unspecified atom stereocenters. The van der Waals surface area contributed by atoms with E-state index in [1.807, 2.05) is 18.2 Å². The first-order chi connectivity index (χ1) is 13.6. The third kappa shape index (κ3) is 4.70. The van der Waals surface area contributed by atoms with E-state index >= 15 is 0 Å². The van der Waals surface area contributed by atoms with Gasteiger partial charge in [0.15, 0.2) is 11.9 Å². The molecule has 2 aromatic rings. The second-order valence-corrected chi connectivity index (χ2v) is 6.81. The molecule has 148 valence electrons. The first-order valence-corrected chi connectivity index (χ1v) is 9.53. The lowest BCUT2D eigenvalue weighted by Gasteiger charge is -2.28. The summed E-state index contributed by atoms with van der Waals surface area (Å²) in [7, 11) is 1.62. The molecule has 1 N–H and O–H groups in total. The van der Waals surface area contributed by atoms with Crippen LogP contribution in [0.5, 0.6) is 5.75 Å². The minimum Gasteiger partial charge on any atom is -0.478 e. The Morgan fingerprint density at radius 1 is 1.14 bits per heavy atom. The fourth-order valence-corrected chi connectivity index (χ4v) is 3.20. The molecule has 0 radical (unpaired) electrons. The number of benzene rings is 2. The lowest BCUT2D eigenvalue weighted by molar-refractivity contribution is -0.122. The number of nitrogens with one attached hydrogen (secondary N) is 1. The summed E-state index contributed by atoms with van der Waals surface area (Å²) in [6.45, 7) is 3.24. The van der Waals surface area contributed by atoms with Gasteiger partial charge < -0.3 is 19.7 Å². The number of hydrogen-bond acceptors (Lipinski definition) is 4. The van der Waals surface area contributed by atoms with Crippen LogP contribution in [0, 0.1) is 0 Å². The fourth-order valence-electron chi connectivity index (χ4n) is 3.20. The number of amides is 2. The molecule has 1 aliphatic heterocycles. The highest BCUT2D eigenvalue weighted by Gasteiger charge is 2.29. The monoisotopic (exact) mass is 382 g/mol. The van der Waals surface area contributed by atoms with E-state index in [4.69, 9.17) is 9.47 Å². The van der Waals surface area contributed by atoms with Crippen molar-refractivity contribution in [2.24, 2.45) is 0 Å². The van der Waals surface area contributed by atoms with Crippen molar-refractivity contribution in [1.82, 2.24) is 4.90 Å². The third-order valence-corrected chi connectivity index (χ3v) is 4.76. The van der Waals surface area contributed by atoms with Crippen molar-refractivity contribution in [3.8, 4) is 5.75 Å². The Balaban J connectivity index is 1.74. The van der Waals surface area contributed by atoms with E-state index in [1.165, 1.54) is 5.56 Å². The lowest BCUT2D eigenvalue weighted by Crippen LogP contribution is -2.38. The molecule has 28 heavy (non-hydrogen) atoms. The van der Waals surface area contributed by atoms with Gasteiger partial charge in [-0.15, -0.1) is 0 Å². The van der Waals surface area contributed by atoms with E-state index in [9.17, 15) is 9.59 Å². The Bertz CT molecular complexity index is 823. The number of anilines is 1. The van der Waals surface area contributed by atoms with Gasteiger partial charge in [-0.1, -0.05) is 36.4 Å². The first kappa shape index (κ1) is 19.9. The number of nitrogens with zero attached hydrogens (tertiary/aromatic N) is 1. The number of ether oxygens (including phenoxy) is 2. The molecule has 0 saturated carbocycles. The van der Waals surface area contributed by atoms with E-state index in [0.717, 1.165) is 12.8 Å². The average molecular weight is 382 g/mol. The van der Waals surface area contributed by atoms with Crippen LogP contribution in [0.4, 0.5) is 5.69 Å². The van der Waals surface area contributed by atoms with Gasteiger partial charge in [-0.2, -0.15) is 0 Å². The van der Waals surface area contributed by atoms with Gasteiger partial charge in [0.1, 0.15) is 0 Å². The summed E-state index contributed by atoms with van der Waals surface area (Å²) in [5.74, 6) is 0.103. The van der Waals surface area contributed by atoms with E-state index in [0.29, 0.717) is 36.7 Å². The Kier molecular flexibility index (Phi) is 6.66. The van der Waals surface area contributed by atoms with Crippen LogP contribution >= 0.6 is 0 Å². The van der Waals surface area contributed by atoms with Crippen LogP contribution in [-0.2, 0) is 16.0 Å². The van der Waals surface area contributed by atoms with E-state index in [2.05, 4.69) is 17.4 Å². The highest BCUT2D eigenvalue weighted by atomic mass is 16.5. The quantitative estimate of drug-likeness (QED) is 0.762. The summed E-state index contributed by atoms with van der Waals surface area (Å²) in [6.07, 6.45) is 1.11. The molecule has 0 fully saturated rings. The molecule has 1 heterocycles. The summed E-state index contributed by atoms with van der Waals surface area (Å²) in [5, 5.41) is 2.79. The summed E-state index contributed by atoms with van der Waals surface area (Å²) in [6, 6.07) is 15.5. The molecular formula is C22H26N2O4. The minimum absolute atomic E-state index is 0.120. The second-order valence-electron chi connectivity index (χ2n) is 6.81. The molecule has 3 rings (SSSR count). The topological polar surface area (TPSA) is 67.9 Å². The van der Waals surface area contributed by atoms with Gasteiger partial charge in [0, 0.05) is 20.2 Å². The lowest BCUT2D eigenvalue weighted by atomic mass is 10.1. The van der Waals surface area contributed by atoms with Crippen LogP contribution in [0.1, 0.15) is 29.3 Å². The van der Waals surface area contributed by atoms with Crippen molar-refractivity contribution in [2.45, 2.75) is 25.9 Å². The molecule has 1 aliphatic rings. The minimum atomic E-state index is -0.632. The van der Waals surface area contributed by atoms with E-state index in [1.54, 1.807) is 37.1 Å². The first-order valence-electron chi connectivity index (χ1n) is 9.53. The number of para-hydroxylation sites is 1. The predicted molar refractivity (Wildman–Crippen MR) is 108 cm³/mol. The van der Waals surface area contributed by atoms with Crippen LogP contribution in [0.15, 0.2) is 48.5 Å².